The maximum Gasteiger partial charge on any atom is 0.0931 e. The first-order chi connectivity index (χ1) is 7.78. The molecule has 2 N–H and O–H groups in total. The summed E-state index contributed by atoms with van der Waals surface area (Å²) < 4.78 is 0.853. The Kier molecular flexibility index (Phi) is 4.29. The van der Waals surface area contributed by atoms with E-state index < -0.39 is 0 Å². The molecule has 4 heteroatoms. The van der Waals surface area contributed by atoms with Gasteiger partial charge in [0.1, 0.15) is 0 Å². The lowest BCUT2D eigenvalue weighted by molar-refractivity contribution is 1.06. The van der Waals surface area contributed by atoms with Gasteiger partial charge in [0, 0.05) is 22.1 Å². The molecule has 0 radical (unpaired) electrons. The molecular weight excluding hydrogens is 258 g/mol. The van der Waals surface area contributed by atoms with Crippen molar-refractivity contribution in [3.8, 4) is 0 Å². The molecule has 0 unspecified atom stereocenters. The quantitative estimate of drug-likeness (QED) is 0.844. The zero-order valence-electron chi connectivity index (χ0n) is 8.65. The highest BCUT2D eigenvalue weighted by Crippen LogP contribution is 2.29. The summed E-state index contributed by atoms with van der Waals surface area (Å²) in [5, 5.41) is 0. The number of nitrogens with two attached hydrogens (primary N) is 1. The van der Waals surface area contributed by atoms with E-state index in [-0.39, 0.29) is 0 Å². The Bertz CT molecular complexity index is 468. The molecule has 0 amide bonds. The Balaban J connectivity index is 1.99. The smallest absolute Gasteiger partial charge is 0.0931 e. The van der Waals surface area contributed by atoms with Crippen LogP contribution in [0.5, 0.6) is 0 Å². The van der Waals surface area contributed by atoms with Gasteiger partial charge in [0.15, 0.2) is 0 Å². The molecular formula is C12H12ClNS2. The second-order valence-electron chi connectivity index (χ2n) is 3.35. The molecule has 84 valence electrons. The molecule has 0 spiro atoms. The molecule has 1 nitrogen and oxygen atoms in total. The van der Waals surface area contributed by atoms with Crippen LogP contribution in [-0.2, 0) is 12.3 Å². The molecule has 0 aliphatic carbocycles. The van der Waals surface area contributed by atoms with E-state index in [1.54, 1.807) is 11.3 Å². The van der Waals surface area contributed by atoms with Crippen LogP contribution in [0.25, 0.3) is 0 Å². The van der Waals surface area contributed by atoms with Crippen LogP contribution in [0.1, 0.15) is 10.4 Å². The number of rotatable bonds is 4. The Morgan fingerprint density at radius 2 is 2.12 bits per heavy atom. The number of halogens is 1. The minimum absolute atomic E-state index is 0.596. The van der Waals surface area contributed by atoms with Gasteiger partial charge in [-0.2, -0.15) is 0 Å². The van der Waals surface area contributed by atoms with Crippen molar-refractivity contribution in [3.63, 3.8) is 0 Å². The first-order valence-corrected chi connectivity index (χ1v) is 7.12. The van der Waals surface area contributed by atoms with Gasteiger partial charge in [0.2, 0.25) is 0 Å². The van der Waals surface area contributed by atoms with Crippen LogP contribution in [0.4, 0.5) is 0 Å². The molecule has 0 fully saturated rings. The summed E-state index contributed by atoms with van der Waals surface area (Å²) in [6.45, 7) is 0.596. The van der Waals surface area contributed by atoms with Gasteiger partial charge in [-0.1, -0.05) is 23.7 Å². The zero-order valence-corrected chi connectivity index (χ0v) is 11.0. The molecule has 1 heterocycles. The number of thiophene rings is 1. The highest BCUT2D eigenvalue weighted by atomic mass is 35.5. The predicted molar refractivity (Wildman–Crippen MR) is 73.2 cm³/mol. The first-order valence-electron chi connectivity index (χ1n) is 4.94. The number of hydrogen-bond donors (Lipinski definition) is 1. The monoisotopic (exact) mass is 269 g/mol. The van der Waals surface area contributed by atoms with Gasteiger partial charge in [-0.3, -0.25) is 0 Å². The van der Waals surface area contributed by atoms with Crippen molar-refractivity contribution in [1.82, 2.24) is 0 Å². The van der Waals surface area contributed by atoms with Gasteiger partial charge < -0.3 is 5.73 Å². The van der Waals surface area contributed by atoms with Crippen molar-refractivity contribution >= 4 is 34.7 Å². The van der Waals surface area contributed by atoms with Crippen molar-refractivity contribution < 1.29 is 0 Å². The molecule has 0 aliphatic heterocycles. The molecule has 0 atom stereocenters. The fourth-order valence-electron chi connectivity index (χ4n) is 1.35. The van der Waals surface area contributed by atoms with Gasteiger partial charge in [-0.15, -0.1) is 23.1 Å². The summed E-state index contributed by atoms with van der Waals surface area (Å²) in [4.78, 5) is 2.56. The summed E-state index contributed by atoms with van der Waals surface area (Å²) >= 11 is 9.33. The second kappa shape index (κ2) is 5.73. The molecule has 0 saturated carbocycles. The van der Waals surface area contributed by atoms with E-state index >= 15 is 0 Å². The fourth-order valence-corrected chi connectivity index (χ4v) is 3.46. The van der Waals surface area contributed by atoms with E-state index in [9.17, 15) is 0 Å². The van der Waals surface area contributed by atoms with Crippen molar-refractivity contribution in [2.75, 3.05) is 0 Å². The Morgan fingerprint density at radius 3 is 2.81 bits per heavy atom. The third-order valence-corrected chi connectivity index (χ3v) is 4.60. The third kappa shape index (κ3) is 3.25. The SMILES string of the molecule is NCc1cccc(SCc2ccc(Cl)s2)c1. The predicted octanol–water partition coefficient (Wildman–Crippen LogP) is 4.15. The number of benzene rings is 1. The van der Waals surface area contributed by atoms with Crippen molar-refractivity contribution in [2.45, 2.75) is 17.2 Å². The molecule has 2 aromatic rings. The Labute approximate surface area is 109 Å². The normalized spacial score (nSPS) is 10.6. The highest BCUT2D eigenvalue weighted by Gasteiger charge is 2.00. The van der Waals surface area contributed by atoms with Gasteiger partial charge in [0.25, 0.3) is 0 Å². The van der Waals surface area contributed by atoms with Crippen LogP contribution in [0, 0.1) is 0 Å². The van der Waals surface area contributed by atoms with E-state index in [4.69, 9.17) is 17.3 Å². The lowest BCUT2D eigenvalue weighted by Gasteiger charge is -2.02. The van der Waals surface area contributed by atoms with Crippen LogP contribution in [0.3, 0.4) is 0 Å². The largest absolute Gasteiger partial charge is 0.326 e. The van der Waals surface area contributed by atoms with Crippen molar-refractivity contribution in [3.05, 3.63) is 51.2 Å². The van der Waals surface area contributed by atoms with Gasteiger partial charge >= 0.3 is 0 Å². The average Bonchev–Trinajstić information content (AvgIpc) is 2.73. The average molecular weight is 270 g/mol. The number of hydrogen-bond acceptors (Lipinski definition) is 3. The molecule has 0 aliphatic rings. The van der Waals surface area contributed by atoms with Crippen LogP contribution in [-0.4, -0.2) is 0 Å². The summed E-state index contributed by atoms with van der Waals surface area (Å²) in [5.41, 5.74) is 6.78. The molecule has 1 aromatic heterocycles. The molecule has 0 bridgehead atoms. The second-order valence-corrected chi connectivity index (χ2v) is 6.19. The molecule has 16 heavy (non-hydrogen) atoms. The lowest BCUT2D eigenvalue weighted by atomic mass is 10.2. The maximum absolute atomic E-state index is 5.88. The van der Waals surface area contributed by atoms with Crippen LogP contribution >= 0.6 is 34.7 Å². The molecule has 2 rings (SSSR count). The summed E-state index contributed by atoms with van der Waals surface area (Å²) in [6.07, 6.45) is 0. The van der Waals surface area contributed by atoms with E-state index in [0.29, 0.717) is 6.54 Å². The third-order valence-electron chi connectivity index (χ3n) is 2.14. The van der Waals surface area contributed by atoms with Gasteiger partial charge in [0.05, 0.1) is 4.34 Å². The van der Waals surface area contributed by atoms with Crippen LogP contribution in [0.2, 0.25) is 4.34 Å². The minimum Gasteiger partial charge on any atom is -0.326 e. The van der Waals surface area contributed by atoms with Crippen molar-refractivity contribution in [1.29, 1.82) is 0 Å². The lowest BCUT2D eigenvalue weighted by Crippen LogP contribution is -1.95. The standard InChI is InChI=1S/C12H12ClNS2/c13-12-5-4-11(16-12)8-15-10-3-1-2-9(6-10)7-14/h1-6H,7-8,14H2. The van der Waals surface area contributed by atoms with Gasteiger partial charge in [-0.05, 0) is 29.8 Å². The van der Waals surface area contributed by atoms with Crippen LogP contribution in [0.15, 0.2) is 41.3 Å². The maximum atomic E-state index is 5.88. The first kappa shape index (κ1) is 12.0. The van der Waals surface area contributed by atoms with Crippen molar-refractivity contribution in [2.24, 2.45) is 5.73 Å². The minimum atomic E-state index is 0.596. The Morgan fingerprint density at radius 1 is 1.25 bits per heavy atom. The number of thioether (sulfide) groups is 1. The Hall–Kier alpha value is -0.480. The fraction of sp³-hybridized carbons (Fsp3) is 0.167. The highest BCUT2D eigenvalue weighted by molar-refractivity contribution is 7.98. The van der Waals surface area contributed by atoms with E-state index in [2.05, 4.69) is 18.2 Å². The molecule has 0 saturated heterocycles. The van der Waals surface area contributed by atoms with Gasteiger partial charge in [-0.25, -0.2) is 0 Å². The van der Waals surface area contributed by atoms with Crippen LogP contribution < -0.4 is 5.73 Å². The van der Waals surface area contributed by atoms with E-state index in [1.807, 2.05) is 30.0 Å². The summed E-state index contributed by atoms with van der Waals surface area (Å²) in [5.74, 6) is 0.964. The summed E-state index contributed by atoms with van der Waals surface area (Å²) in [6, 6.07) is 12.4. The van der Waals surface area contributed by atoms with E-state index in [1.165, 1.54) is 15.3 Å². The zero-order chi connectivity index (χ0) is 11.4. The topological polar surface area (TPSA) is 26.0 Å². The van der Waals surface area contributed by atoms with E-state index in [0.717, 1.165) is 10.1 Å². The summed E-state index contributed by atoms with van der Waals surface area (Å²) in [7, 11) is 0. The molecule has 1 aromatic carbocycles.